The van der Waals surface area contributed by atoms with Crippen molar-refractivity contribution in [1.82, 2.24) is 24.5 Å². The van der Waals surface area contributed by atoms with E-state index in [2.05, 4.69) is 26.0 Å². The second-order valence-corrected chi connectivity index (χ2v) is 8.48. The molecule has 1 amide bonds. The number of ether oxygens (including phenoxy) is 1. The van der Waals surface area contributed by atoms with Crippen molar-refractivity contribution in [2.24, 2.45) is 0 Å². The van der Waals surface area contributed by atoms with Crippen molar-refractivity contribution in [3.8, 4) is 0 Å². The van der Waals surface area contributed by atoms with Crippen molar-refractivity contribution < 1.29 is 13.9 Å². The summed E-state index contributed by atoms with van der Waals surface area (Å²) in [7, 11) is 3.37. The number of carbonyl (C=O) groups excluding carboxylic acids is 1. The summed E-state index contributed by atoms with van der Waals surface area (Å²) >= 11 is 0. The zero-order valence-corrected chi connectivity index (χ0v) is 18.4. The second-order valence-electron chi connectivity index (χ2n) is 8.48. The van der Waals surface area contributed by atoms with Gasteiger partial charge in [-0.25, -0.2) is 9.37 Å². The number of hydrogen-bond acceptors (Lipinski definition) is 7. The quantitative estimate of drug-likeness (QED) is 0.501. The number of halogens is 1. The third kappa shape index (κ3) is 3.82. The molecule has 3 aromatic rings. The number of carbonyl (C=O) groups is 1. The number of hydrogen-bond donors (Lipinski definition) is 3. The Morgan fingerprint density at radius 2 is 2.12 bits per heavy atom. The van der Waals surface area contributed by atoms with Gasteiger partial charge in [0.25, 0.3) is 11.5 Å². The van der Waals surface area contributed by atoms with E-state index < -0.39 is 6.17 Å². The molecule has 0 bridgehead atoms. The van der Waals surface area contributed by atoms with E-state index in [-0.39, 0.29) is 29.7 Å². The number of fused-ring (bicyclic) bond motifs is 1. The van der Waals surface area contributed by atoms with Crippen LogP contribution in [0.4, 0.5) is 21.7 Å². The van der Waals surface area contributed by atoms with Gasteiger partial charge in [0.05, 0.1) is 18.3 Å². The third-order valence-corrected chi connectivity index (χ3v) is 6.49. The highest BCUT2D eigenvalue weighted by Gasteiger charge is 2.33. The molecule has 3 N–H and O–H groups in total. The van der Waals surface area contributed by atoms with Crippen LogP contribution < -0.4 is 21.5 Å². The zero-order chi connectivity index (χ0) is 23.1. The molecule has 0 aromatic carbocycles. The number of nitrogens with zero attached hydrogens (tertiary/aromatic N) is 4. The molecule has 10 nitrogen and oxygen atoms in total. The Bertz CT molecular complexity index is 1250. The van der Waals surface area contributed by atoms with Crippen LogP contribution in [-0.2, 0) is 4.74 Å². The van der Waals surface area contributed by atoms with Crippen LogP contribution in [0.3, 0.4) is 0 Å². The number of methoxy groups -OCH3 is 1. The number of rotatable bonds is 7. The van der Waals surface area contributed by atoms with Crippen LogP contribution in [0, 0.1) is 0 Å². The van der Waals surface area contributed by atoms with Crippen molar-refractivity contribution in [2.75, 3.05) is 24.8 Å². The Kier molecular flexibility index (Phi) is 5.49. The number of aromatic nitrogens is 4. The van der Waals surface area contributed by atoms with Crippen molar-refractivity contribution >= 4 is 28.9 Å². The smallest absolute Gasteiger partial charge is 0.274 e. The van der Waals surface area contributed by atoms with Crippen LogP contribution in [0.5, 0.6) is 0 Å². The summed E-state index contributed by atoms with van der Waals surface area (Å²) in [4.78, 5) is 30.4. The highest BCUT2D eigenvalue weighted by Crippen LogP contribution is 2.33. The topological polar surface area (TPSA) is 115 Å². The van der Waals surface area contributed by atoms with Gasteiger partial charge in [-0.15, -0.1) is 0 Å². The lowest BCUT2D eigenvalue weighted by molar-refractivity contribution is 0.00732. The van der Waals surface area contributed by atoms with E-state index in [0.29, 0.717) is 41.4 Å². The molecule has 2 aliphatic rings. The average molecular weight is 455 g/mol. The van der Waals surface area contributed by atoms with Gasteiger partial charge in [0.2, 0.25) is 0 Å². The summed E-state index contributed by atoms with van der Waals surface area (Å²) in [6, 6.07) is 4.92. The van der Waals surface area contributed by atoms with Gasteiger partial charge in [0, 0.05) is 32.5 Å². The molecule has 2 aliphatic carbocycles. The summed E-state index contributed by atoms with van der Waals surface area (Å²) in [5.74, 6) is 0.693. The van der Waals surface area contributed by atoms with E-state index in [0.717, 1.165) is 12.8 Å². The van der Waals surface area contributed by atoms with Gasteiger partial charge in [-0.3, -0.25) is 9.59 Å². The van der Waals surface area contributed by atoms with Crippen molar-refractivity contribution in [1.29, 1.82) is 0 Å². The first-order valence-corrected chi connectivity index (χ1v) is 11.0. The van der Waals surface area contributed by atoms with Gasteiger partial charge in [0.1, 0.15) is 29.1 Å². The molecule has 2 atom stereocenters. The minimum Gasteiger partial charge on any atom is -0.379 e. The number of amides is 1. The van der Waals surface area contributed by atoms with E-state index in [4.69, 9.17) is 4.74 Å². The Labute approximate surface area is 189 Å². The van der Waals surface area contributed by atoms with Gasteiger partial charge in [0.15, 0.2) is 5.65 Å². The van der Waals surface area contributed by atoms with Crippen molar-refractivity contribution in [3.05, 3.63) is 46.5 Å². The first-order chi connectivity index (χ1) is 16.0. The van der Waals surface area contributed by atoms with Crippen molar-refractivity contribution in [3.63, 3.8) is 0 Å². The fourth-order valence-electron chi connectivity index (χ4n) is 4.31. The lowest BCUT2D eigenvalue weighted by Crippen LogP contribution is -2.51. The van der Waals surface area contributed by atoms with E-state index in [1.165, 1.54) is 10.7 Å². The predicted octanol–water partition coefficient (Wildman–Crippen LogP) is 2.26. The average Bonchev–Trinajstić information content (AvgIpc) is 3.20. The fraction of sp³-hybridized carbons (Fsp3) is 0.455. The molecule has 33 heavy (non-hydrogen) atoms. The molecule has 0 spiro atoms. The summed E-state index contributed by atoms with van der Waals surface area (Å²) < 4.78 is 21.7. The molecule has 2 fully saturated rings. The molecule has 0 radical (unpaired) electrons. The largest absolute Gasteiger partial charge is 0.379 e. The molecule has 5 rings (SSSR count). The molecule has 3 aromatic heterocycles. The molecule has 1 unspecified atom stereocenters. The Morgan fingerprint density at radius 3 is 2.79 bits per heavy atom. The number of anilines is 3. The Hall–Kier alpha value is -3.47. The van der Waals surface area contributed by atoms with Crippen LogP contribution in [0.1, 0.15) is 42.1 Å². The Morgan fingerprint density at radius 1 is 1.30 bits per heavy atom. The second kappa shape index (κ2) is 8.47. The molecular weight excluding hydrogens is 429 g/mol. The lowest BCUT2D eigenvalue weighted by atomic mass is 9.89. The summed E-state index contributed by atoms with van der Waals surface area (Å²) in [5.41, 5.74) is 0.752. The molecule has 0 aliphatic heterocycles. The van der Waals surface area contributed by atoms with Crippen LogP contribution in [0.15, 0.2) is 35.4 Å². The van der Waals surface area contributed by atoms with Gasteiger partial charge in [-0.1, -0.05) is 0 Å². The maximum Gasteiger partial charge on any atom is 0.274 e. The normalized spacial score (nSPS) is 24.1. The number of alkyl halides is 1. The molecule has 2 saturated carbocycles. The standard InChI is InChI=1S/C22H26FN7O3/c1-24-19-10-18(26-16-4-3-7-29(22(16)32)13-8-12(23)9-13)28-20-14(11-25-30(19)20)21(31)27-15-5-6-17(15)33-2/h3-4,7,10-13,15,17,24H,5-6,8-9H2,1-2H3,(H,26,28)(H,27,31)/t12-,13-,15?,17-/m1/s1. The maximum atomic E-state index is 13.3. The first-order valence-electron chi connectivity index (χ1n) is 11.0. The van der Waals surface area contributed by atoms with E-state index in [1.54, 1.807) is 43.1 Å². The molecule has 0 saturated heterocycles. The van der Waals surface area contributed by atoms with Gasteiger partial charge < -0.3 is 25.3 Å². The number of nitrogens with one attached hydrogen (secondary N) is 3. The van der Waals surface area contributed by atoms with Crippen LogP contribution in [0.25, 0.3) is 5.65 Å². The zero-order valence-electron chi connectivity index (χ0n) is 18.4. The fourth-order valence-corrected chi connectivity index (χ4v) is 4.31. The van der Waals surface area contributed by atoms with Crippen LogP contribution in [-0.4, -0.2) is 57.5 Å². The van der Waals surface area contributed by atoms with E-state index >= 15 is 0 Å². The van der Waals surface area contributed by atoms with Gasteiger partial charge in [-0.05, 0) is 37.8 Å². The highest BCUT2D eigenvalue weighted by molar-refractivity contribution is 6.00. The minimum atomic E-state index is -0.855. The van der Waals surface area contributed by atoms with Crippen molar-refractivity contribution in [2.45, 2.75) is 50.0 Å². The molecule has 174 valence electrons. The monoisotopic (exact) mass is 455 g/mol. The van der Waals surface area contributed by atoms with Gasteiger partial charge >= 0.3 is 0 Å². The number of pyridine rings is 1. The summed E-state index contributed by atoms with van der Waals surface area (Å²) in [6.45, 7) is 0. The molecule has 11 heteroatoms. The summed E-state index contributed by atoms with van der Waals surface area (Å²) in [6.07, 6.45) is 4.76. The highest BCUT2D eigenvalue weighted by atomic mass is 19.1. The van der Waals surface area contributed by atoms with E-state index in [9.17, 15) is 14.0 Å². The van der Waals surface area contributed by atoms with Crippen LogP contribution in [0.2, 0.25) is 0 Å². The molecular formula is C22H26FN7O3. The van der Waals surface area contributed by atoms with Gasteiger partial charge in [-0.2, -0.15) is 9.61 Å². The lowest BCUT2D eigenvalue weighted by Gasteiger charge is -2.35. The van der Waals surface area contributed by atoms with Crippen LogP contribution >= 0.6 is 0 Å². The third-order valence-electron chi connectivity index (χ3n) is 6.49. The summed E-state index contributed by atoms with van der Waals surface area (Å²) in [5, 5.41) is 13.4. The first kappa shape index (κ1) is 21.4. The SMILES string of the molecule is CNc1cc(Nc2cccn([C@H]3C[C@H](F)C3)c2=O)nc2c(C(=O)NC3CC[C@H]3OC)cnn12. The Balaban J connectivity index is 1.45. The molecule has 3 heterocycles. The maximum absolute atomic E-state index is 13.3. The predicted molar refractivity (Wildman–Crippen MR) is 121 cm³/mol. The minimum absolute atomic E-state index is 0.0115. The van der Waals surface area contributed by atoms with E-state index in [1.807, 2.05) is 0 Å².